The fourth-order valence-corrected chi connectivity index (χ4v) is 2.47. The van der Waals surface area contributed by atoms with Crippen LogP contribution in [0, 0.1) is 6.92 Å². The first-order valence-corrected chi connectivity index (χ1v) is 7.21. The monoisotopic (exact) mass is 285 g/mol. The first-order valence-electron chi connectivity index (χ1n) is 5.99. The number of nitrogens with one attached hydrogen (secondary N) is 2. The largest absolute Gasteiger partial charge is 0.393 e. The van der Waals surface area contributed by atoms with E-state index in [1.165, 1.54) is 11.8 Å². The van der Waals surface area contributed by atoms with Gasteiger partial charge in [-0.2, -0.15) is 4.98 Å². The molecule has 0 aliphatic heterocycles. The van der Waals surface area contributed by atoms with Crippen LogP contribution in [0.25, 0.3) is 0 Å². The van der Waals surface area contributed by atoms with Crippen LogP contribution in [0.2, 0.25) is 0 Å². The Morgan fingerprint density at radius 1 is 1.53 bits per heavy atom. The summed E-state index contributed by atoms with van der Waals surface area (Å²) in [4.78, 5) is 29.7. The second kappa shape index (κ2) is 6.72. The summed E-state index contributed by atoms with van der Waals surface area (Å²) in [5.41, 5.74) is 0.408. The first-order chi connectivity index (χ1) is 8.85. The molecule has 0 bridgehead atoms. The zero-order valence-electron chi connectivity index (χ0n) is 11.5. The van der Waals surface area contributed by atoms with Gasteiger partial charge < -0.3 is 15.4 Å². The van der Waals surface area contributed by atoms with Gasteiger partial charge in [0.25, 0.3) is 5.91 Å². The Bertz CT molecular complexity index is 513. The minimum Gasteiger partial charge on any atom is -0.393 e. The van der Waals surface area contributed by atoms with E-state index in [2.05, 4.69) is 15.3 Å². The molecular formula is C12H19N3O3S. The number of rotatable bonds is 5. The predicted octanol–water partition coefficient (Wildman–Crippen LogP) is 0.689. The van der Waals surface area contributed by atoms with E-state index in [1.807, 2.05) is 6.92 Å². The van der Waals surface area contributed by atoms with Gasteiger partial charge in [0, 0.05) is 11.7 Å². The number of amides is 1. The van der Waals surface area contributed by atoms with E-state index in [4.69, 9.17) is 0 Å². The Kier molecular flexibility index (Phi) is 5.56. The maximum atomic E-state index is 12.2. The molecule has 0 spiro atoms. The van der Waals surface area contributed by atoms with E-state index < -0.39 is 11.8 Å². The van der Waals surface area contributed by atoms with Gasteiger partial charge in [-0.1, -0.05) is 0 Å². The van der Waals surface area contributed by atoms with Crippen molar-refractivity contribution in [1.82, 2.24) is 15.3 Å². The highest BCUT2D eigenvalue weighted by Crippen LogP contribution is 2.18. The van der Waals surface area contributed by atoms with Crippen molar-refractivity contribution in [1.29, 1.82) is 0 Å². The molecule has 1 amide bonds. The summed E-state index contributed by atoms with van der Waals surface area (Å²) in [6, 6.07) is -0.159. The molecule has 1 aromatic heterocycles. The van der Waals surface area contributed by atoms with E-state index in [0.717, 1.165) is 0 Å². The summed E-state index contributed by atoms with van der Waals surface area (Å²) in [5.74, 6) is -0.293. The second-order valence-corrected chi connectivity index (χ2v) is 5.31. The van der Waals surface area contributed by atoms with Gasteiger partial charge in [-0.15, -0.1) is 11.8 Å². The predicted molar refractivity (Wildman–Crippen MR) is 74.6 cm³/mol. The molecule has 0 aliphatic rings. The highest BCUT2D eigenvalue weighted by Gasteiger charge is 2.19. The number of thioether (sulfide) groups is 1. The van der Waals surface area contributed by atoms with Crippen molar-refractivity contribution in [2.24, 2.45) is 0 Å². The van der Waals surface area contributed by atoms with Gasteiger partial charge in [-0.05, 0) is 33.4 Å². The number of H-pyrrole nitrogens is 1. The molecule has 0 saturated carbocycles. The molecule has 6 nitrogen and oxygen atoms in total. The van der Waals surface area contributed by atoms with Crippen molar-refractivity contribution in [3.63, 3.8) is 0 Å². The molecule has 1 aromatic rings. The molecule has 1 rings (SSSR count). The van der Waals surface area contributed by atoms with Gasteiger partial charge in [0.05, 0.1) is 11.7 Å². The average molecular weight is 285 g/mol. The number of aryl methyl sites for hydroxylation is 1. The number of aliphatic hydroxyl groups is 1. The number of aromatic nitrogens is 2. The lowest BCUT2D eigenvalue weighted by molar-refractivity contribution is 0.0918. The molecule has 2 atom stereocenters. The third-order valence-electron chi connectivity index (χ3n) is 2.58. The van der Waals surface area contributed by atoms with Crippen LogP contribution in [-0.2, 0) is 0 Å². The van der Waals surface area contributed by atoms with Gasteiger partial charge in [-0.3, -0.25) is 4.79 Å². The molecule has 2 unspecified atom stereocenters. The van der Waals surface area contributed by atoms with Gasteiger partial charge in [-0.25, -0.2) is 4.79 Å². The zero-order chi connectivity index (χ0) is 14.6. The zero-order valence-corrected chi connectivity index (χ0v) is 12.3. The lowest BCUT2D eigenvalue weighted by Crippen LogP contribution is -2.36. The van der Waals surface area contributed by atoms with Crippen LogP contribution >= 0.6 is 11.8 Å². The Morgan fingerprint density at radius 2 is 2.16 bits per heavy atom. The van der Waals surface area contributed by atoms with Crippen LogP contribution in [0.5, 0.6) is 0 Å². The quantitative estimate of drug-likeness (QED) is 0.546. The van der Waals surface area contributed by atoms with E-state index in [0.29, 0.717) is 22.7 Å². The molecule has 0 aliphatic carbocycles. The van der Waals surface area contributed by atoms with Crippen molar-refractivity contribution in [2.75, 3.05) is 6.26 Å². The van der Waals surface area contributed by atoms with E-state index in [9.17, 15) is 14.7 Å². The van der Waals surface area contributed by atoms with Crippen molar-refractivity contribution in [3.05, 3.63) is 21.7 Å². The maximum Gasteiger partial charge on any atom is 0.346 e. The summed E-state index contributed by atoms with van der Waals surface area (Å²) in [5, 5.41) is 12.5. The number of hydrogen-bond donors (Lipinski definition) is 3. The minimum absolute atomic E-state index is 0.159. The Labute approximate surface area is 116 Å². The molecule has 3 N–H and O–H groups in total. The molecular weight excluding hydrogens is 266 g/mol. The number of nitrogens with zero attached hydrogens (tertiary/aromatic N) is 1. The van der Waals surface area contributed by atoms with Gasteiger partial charge in [0.1, 0.15) is 5.03 Å². The third-order valence-corrected chi connectivity index (χ3v) is 3.26. The summed E-state index contributed by atoms with van der Waals surface area (Å²) in [7, 11) is 0. The minimum atomic E-state index is -0.481. The smallest absolute Gasteiger partial charge is 0.346 e. The molecule has 0 fully saturated rings. The van der Waals surface area contributed by atoms with E-state index in [-0.39, 0.29) is 11.9 Å². The van der Waals surface area contributed by atoms with Crippen molar-refractivity contribution >= 4 is 17.7 Å². The highest BCUT2D eigenvalue weighted by atomic mass is 32.2. The Hall–Kier alpha value is -1.34. The van der Waals surface area contributed by atoms with Crippen molar-refractivity contribution < 1.29 is 9.90 Å². The first kappa shape index (κ1) is 15.7. The number of hydrogen-bond acceptors (Lipinski definition) is 5. The lowest BCUT2D eigenvalue weighted by Gasteiger charge is -2.17. The molecule has 19 heavy (non-hydrogen) atoms. The number of carbonyl (C=O) groups excluding carboxylic acids is 1. The molecule has 0 radical (unpaired) electrons. The third kappa shape index (κ3) is 4.36. The summed E-state index contributed by atoms with van der Waals surface area (Å²) in [6.07, 6.45) is 1.75. The SMILES string of the molecule is CSc1nc(=O)[nH]c(C)c1C(=O)NC(C)CC(C)O. The normalized spacial score (nSPS) is 13.9. The second-order valence-electron chi connectivity index (χ2n) is 4.51. The van der Waals surface area contributed by atoms with Crippen LogP contribution < -0.4 is 11.0 Å². The molecule has 1 heterocycles. The van der Waals surface area contributed by atoms with Crippen LogP contribution in [-0.4, -0.2) is 39.4 Å². The van der Waals surface area contributed by atoms with Gasteiger partial charge in [0.15, 0.2) is 0 Å². The number of aromatic amines is 1. The highest BCUT2D eigenvalue weighted by molar-refractivity contribution is 7.98. The number of aliphatic hydroxyl groups excluding tert-OH is 1. The number of carbonyl (C=O) groups is 1. The fraction of sp³-hybridized carbons (Fsp3) is 0.583. The van der Waals surface area contributed by atoms with Crippen LogP contribution in [0.1, 0.15) is 36.3 Å². The molecule has 7 heteroatoms. The van der Waals surface area contributed by atoms with Crippen LogP contribution in [0.15, 0.2) is 9.82 Å². The van der Waals surface area contributed by atoms with Gasteiger partial charge >= 0.3 is 5.69 Å². The summed E-state index contributed by atoms with van der Waals surface area (Å²) in [6.45, 7) is 5.15. The Morgan fingerprint density at radius 3 is 2.68 bits per heavy atom. The van der Waals surface area contributed by atoms with Crippen molar-refractivity contribution in [2.45, 2.75) is 44.4 Å². The summed E-state index contributed by atoms with van der Waals surface area (Å²) < 4.78 is 0. The maximum absolute atomic E-state index is 12.2. The van der Waals surface area contributed by atoms with Crippen molar-refractivity contribution in [3.8, 4) is 0 Å². The topological polar surface area (TPSA) is 95.1 Å². The van der Waals surface area contributed by atoms with Crippen LogP contribution in [0.3, 0.4) is 0 Å². The van der Waals surface area contributed by atoms with E-state index in [1.54, 1.807) is 20.1 Å². The van der Waals surface area contributed by atoms with Crippen LogP contribution in [0.4, 0.5) is 0 Å². The standard InChI is InChI=1S/C12H19N3O3S/c1-6(5-7(2)16)13-10(17)9-8(3)14-12(18)15-11(9)19-4/h6-7,16H,5H2,1-4H3,(H,13,17)(H,14,15,18). The fourth-order valence-electron chi connectivity index (χ4n) is 1.84. The lowest BCUT2D eigenvalue weighted by atomic mass is 10.1. The molecule has 0 saturated heterocycles. The van der Waals surface area contributed by atoms with Gasteiger partial charge in [0.2, 0.25) is 0 Å². The molecule has 0 aromatic carbocycles. The average Bonchev–Trinajstić information content (AvgIpc) is 2.25. The van der Waals surface area contributed by atoms with E-state index >= 15 is 0 Å². The summed E-state index contributed by atoms with van der Waals surface area (Å²) >= 11 is 1.25. The molecule has 106 valence electrons. The Balaban J connectivity index is 2.96.